The summed E-state index contributed by atoms with van der Waals surface area (Å²) < 4.78 is 39.1. The third-order valence-electron chi connectivity index (χ3n) is 3.52. The van der Waals surface area contributed by atoms with Crippen molar-refractivity contribution in [2.75, 3.05) is 31.8 Å². The first kappa shape index (κ1) is 16.7. The molecule has 0 bridgehead atoms. The van der Waals surface area contributed by atoms with E-state index in [1.165, 1.54) is 0 Å². The monoisotopic (exact) mass is 363 g/mol. The molecule has 3 rings (SSSR count). The molecular formula is C12H13ClF3N7O. The van der Waals surface area contributed by atoms with Crippen LogP contribution in [-0.4, -0.2) is 52.0 Å². The van der Waals surface area contributed by atoms with Crippen molar-refractivity contribution in [3.05, 3.63) is 27.3 Å². The summed E-state index contributed by atoms with van der Waals surface area (Å²) in [6.07, 6.45) is -3.70. The number of H-pyrrole nitrogens is 2. The van der Waals surface area contributed by atoms with E-state index in [-0.39, 0.29) is 22.2 Å². The van der Waals surface area contributed by atoms with Gasteiger partial charge in [0.25, 0.3) is 5.56 Å². The van der Waals surface area contributed by atoms with E-state index in [9.17, 15) is 18.0 Å². The van der Waals surface area contributed by atoms with Gasteiger partial charge in [-0.1, -0.05) is 11.6 Å². The highest BCUT2D eigenvalue weighted by molar-refractivity contribution is 6.32. The van der Waals surface area contributed by atoms with Gasteiger partial charge in [0.2, 0.25) is 0 Å². The van der Waals surface area contributed by atoms with Crippen LogP contribution in [0.5, 0.6) is 0 Å². The number of alkyl halides is 3. The zero-order valence-corrected chi connectivity index (χ0v) is 13.2. The quantitative estimate of drug-likeness (QED) is 0.738. The summed E-state index contributed by atoms with van der Waals surface area (Å²) in [5.74, 6) is -0.166. The third-order valence-corrected chi connectivity index (χ3v) is 3.86. The van der Waals surface area contributed by atoms with Gasteiger partial charge in [0.15, 0.2) is 11.5 Å². The van der Waals surface area contributed by atoms with Crippen molar-refractivity contribution in [2.24, 2.45) is 0 Å². The minimum Gasteiger partial charge on any atom is -0.305 e. The molecule has 12 heteroatoms. The molecule has 1 fully saturated rings. The number of nitrogens with one attached hydrogen (secondary N) is 3. The minimum absolute atomic E-state index is 0.0914. The van der Waals surface area contributed by atoms with Gasteiger partial charge in [-0.3, -0.25) is 14.9 Å². The first-order valence-electron chi connectivity index (χ1n) is 6.89. The topological polar surface area (TPSA) is 92.9 Å². The van der Waals surface area contributed by atoms with Crippen LogP contribution in [0.1, 0.15) is 5.69 Å². The summed E-state index contributed by atoms with van der Waals surface area (Å²) >= 11 is 6.01. The fraction of sp³-hybridized carbons (Fsp3) is 0.417. The van der Waals surface area contributed by atoms with Crippen LogP contribution < -0.4 is 15.9 Å². The molecule has 1 aliphatic heterocycles. The van der Waals surface area contributed by atoms with Gasteiger partial charge in [-0.25, -0.2) is 9.99 Å². The van der Waals surface area contributed by atoms with Crippen molar-refractivity contribution in [3.8, 4) is 11.4 Å². The SMILES string of the molecule is CN1CNCCN1c1nc(-c2cn[nH]c2C(F)(F)F)[nH]c(=O)c1Cl. The molecular weight excluding hydrogens is 351 g/mol. The van der Waals surface area contributed by atoms with E-state index in [0.717, 1.165) is 6.20 Å². The zero-order valence-electron chi connectivity index (χ0n) is 12.4. The number of hydrogen-bond acceptors (Lipinski definition) is 6. The molecule has 8 nitrogen and oxygen atoms in total. The Bertz CT molecular complexity index is 803. The van der Waals surface area contributed by atoms with Crippen molar-refractivity contribution in [3.63, 3.8) is 0 Å². The van der Waals surface area contributed by atoms with Crippen LogP contribution >= 0.6 is 11.6 Å². The first-order valence-corrected chi connectivity index (χ1v) is 7.27. The molecule has 1 saturated heterocycles. The molecule has 2 aromatic rings. The molecule has 24 heavy (non-hydrogen) atoms. The lowest BCUT2D eigenvalue weighted by Crippen LogP contribution is -2.54. The minimum atomic E-state index is -4.66. The Kier molecular flexibility index (Phi) is 4.24. The summed E-state index contributed by atoms with van der Waals surface area (Å²) in [6.45, 7) is 1.56. The van der Waals surface area contributed by atoms with E-state index < -0.39 is 17.4 Å². The van der Waals surface area contributed by atoms with E-state index in [1.807, 2.05) is 5.10 Å². The zero-order chi connectivity index (χ0) is 17.5. The summed E-state index contributed by atoms with van der Waals surface area (Å²) in [5, 5.41) is 11.5. The van der Waals surface area contributed by atoms with Crippen molar-refractivity contribution >= 4 is 17.4 Å². The van der Waals surface area contributed by atoms with Gasteiger partial charge in [0.1, 0.15) is 10.8 Å². The van der Waals surface area contributed by atoms with E-state index in [1.54, 1.807) is 17.1 Å². The second-order valence-electron chi connectivity index (χ2n) is 5.15. The van der Waals surface area contributed by atoms with Gasteiger partial charge >= 0.3 is 6.18 Å². The molecule has 0 atom stereocenters. The van der Waals surface area contributed by atoms with Crippen LogP contribution in [0.25, 0.3) is 11.4 Å². The van der Waals surface area contributed by atoms with Crippen molar-refractivity contribution in [2.45, 2.75) is 6.18 Å². The molecule has 0 radical (unpaired) electrons. The summed E-state index contributed by atoms with van der Waals surface area (Å²) in [6, 6.07) is 0. The predicted molar refractivity (Wildman–Crippen MR) is 80.4 cm³/mol. The summed E-state index contributed by atoms with van der Waals surface area (Å²) in [7, 11) is 1.74. The average Bonchev–Trinajstić information content (AvgIpc) is 3.00. The van der Waals surface area contributed by atoms with Gasteiger partial charge in [0, 0.05) is 20.1 Å². The van der Waals surface area contributed by atoms with E-state index in [0.29, 0.717) is 19.8 Å². The Hall–Kier alpha value is -2.11. The largest absolute Gasteiger partial charge is 0.433 e. The van der Waals surface area contributed by atoms with Crippen LogP contribution in [0.2, 0.25) is 5.02 Å². The smallest absolute Gasteiger partial charge is 0.305 e. The Morgan fingerprint density at radius 1 is 1.38 bits per heavy atom. The van der Waals surface area contributed by atoms with Crippen molar-refractivity contribution in [1.29, 1.82) is 0 Å². The normalized spacial score (nSPS) is 16.6. The number of aromatic nitrogens is 4. The lowest BCUT2D eigenvalue weighted by Gasteiger charge is -2.37. The van der Waals surface area contributed by atoms with Gasteiger partial charge < -0.3 is 10.3 Å². The van der Waals surface area contributed by atoms with Gasteiger partial charge in [-0.05, 0) is 0 Å². The summed E-state index contributed by atoms with van der Waals surface area (Å²) in [4.78, 5) is 18.5. The number of aromatic amines is 2. The lowest BCUT2D eigenvalue weighted by atomic mass is 10.2. The van der Waals surface area contributed by atoms with Crippen LogP contribution in [0.4, 0.5) is 19.0 Å². The standard InChI is InChI=1S/C12H13ClF3N7O/c1-22-5-17-2-3-23(22)10-7(13)11(24)20-9(19-10)6-4-18-21-8(6)12(14,15)16/h4,17H,2-3,5H2,1H3,(H,18,21)(H,19,20,24). The number of hydrogen-bond donors (Lipinski definition) is 3. The number of nitrogens with zero attached hydrogens (tertiary/aromatic N) is 4. The van der Waals surface area contributed by atoms with E-state index in [2.05, 4.69) is 20.4 Å². The maximum absolute atomic E-state index is 13.0. The second kappa shape index (κ2) is 6.07. The maximum atomic E-state index is 13.0. The highest BCUT2D eigenvalue weighted by atomic mass is 35.5. The Morgan fingerprint density at radius 3 is 2.79 bits per heavy atom. The number of rotatable bonds is 2. The highest BCUT2D eigenvalue weighted by Crippen LogP contribution is 2.34. The Labute approximate surface area is 138 Å². The predicted octanol–water partition coefficient (Wildman–Crippen LogP) is 1.05. The molecule has 2 aromatic heterocycles. The fourth-order valence-electron chi connectivity index (χ4n) is 2.38. The van der Waals surface area contributed by atoms with E-state index >= 15 is 0 Å². The van der Waals surface area contributed by atoms with Crippen LogP contribution in [-0.2, 0) is 6.18 Å². The average molecular weight is 364 g/mol. The summed E-state index contributed by atoms with van der Waals surface area (Å²) in [5.41, 5.74) is -2.17. The molecule has 0 aliphatic carbocycles. The molecule has 0 amide bonds. The fourth-order valence-corrected chi connectivity index (χ4v) is 2.56. The molecule has 1 aliphatic rings. The lowest BCUT2D eigenvalue weighted by molar-refractivity contribution is -0.140. The number of halogens is 4. The first-order chi connectivity index (χ1) is 11.3. The third kappa shape index (κ3) is 2.97. The van der Waals surface area contributed by atoms with Crippen molar-refractivity contribution in [1.82, 2.24) is 30.5 Å². The van der Waals surface area contributed by atoms with Gasteiger partial charge in [-0.2, -0.15) is 18.3 Å². The highest BCUT2D eigenvalue weighted by Gasteiger charge is 2.37. The molecule has 3 heterocycles. The van der Waals surface area contributed by atoms with Gasteiger partial charge in [-0.15, -0.1) is 0 Å². The van der Waals surface area contributed by atoms with Gasteiger partial charge in [0.05, 0.1) is 18.4 Å². The van der Waals surface area contributed by atoms with Crippen molar-refractivity contribution < 1.29 is 13.2 Å². The Morgan fingerprint density at radius 2 is 2.12 bits per heavy atom. The molecule has 0 unspecified atom stereocenters. The van der Waals surface area contributed by atoms with Crippen LogP contribution in [0.3, 0.4) is 0 Å². The number of hydrazine groups is 1. The molecule has 0 spiro atoms. The molecule has 0 aromatic carbocycles. The Balaban J connectivity index is 2.12. The maximum Gasteiger partial charge on any atom is 0.433 e. The van der Waals surface area contributed by atoms with E-state index in [4.69, 9.17) is 11.6 Å². The molecule has 0 saturated carbocycles. The van der Waals surface area contributed by atoms with Crippen LogP contribution in [0.15, 0.2) is 11.0 Å². The molecule has 130 valence electrons. The number of anilines is 1. The second-order valence-corrected chi connectivity index (χ2v) is 5.53. The van der Waals surface area contributed by atoms with Crippen LogP contribution in [0, 0.1) is 0 Å². The molecule has 3 N–H and O–H groups in total.